The summed E-state index contributed by atoms with van der Waals surface area (Å²) in [6, 6.07) is 8.17. The molecule has 2 amide bonds. The van der Waals surface area contributed by atoms with Gasteiger partial charge in [0.15, 0.2) is 0 Å². The fraction of sp³-hybridized carbons (Fsp3) is 0.652. The molecule has 4 bridgehead atoms. The number of nitrogens with two attached hydrogens (primary N) is 1. The quantitative estimate of drug-likeness (QED) is 0.702. The van der Waals surface area contributed by atoms with Crippen molar-refractivity contribution in [2.45, 2.75) is 49.9 Å². The summed E-state index contributed by atoms with van der Waals surface area (Å²) in [7, 11) is 0. The van der Waals surface area contributed by atoms with Crippen LogP contribution in [0, 0.1) is 23.2 Å². The van der Waals surface area contributed by atoms with Gasteiger partial charge in [0.25, 0.3) is 0 Å². The summed E-state index contributed by atoms with van der Waals surface area (Å²) in [5.41, 5.74) is 6.74. The van der Waals surface area contributed by atoms with Crippen LogP contribution < -0.4 is 11.1 Å². The molecule has 3 atom stereocenters. The molecule has 1 aromatic carbocycles. The summed E-state index contributed by atoms with van der Waals surface area (Å²) >= 11 is 7.73. The van der Waals surface area contributed by atoms with Crippen molar-refractivity contribution in [3.63, 3.8) is 0 Å². The number of benzene rings is 1. The highest BCUT2D eigenvalue weighted by Gasteiger charge is 2.58. The number of nitrogens with one attached hydrogen (secondary N) is 1. The average molecular weight is 448 g/mol. The zero-order chi connectivity index (χ0) is 20.9. The Morgan fingerprint density at radius 2 is 1.87 bits per heavy atom. The van der Waals surface area contributed by atoms with Crippen molar-refractivity contribution in [3.05, 3.63) is 34.9 Å². The van der Waals surface area contributed by atoms with Crippen molar-refractivity contribution < 1.29 is 9.59 Å². The zero-order valence-corrected chi connectivity index (χ0v) is 18.8. The molecule has 1 aliphatic heterocycles. The molecule has 0 radical (unpaired) electrons. The number of hydrogen-bond acceptors (Lipinski definition) is 4. The first kappa shape index (κ1) is 20.7. The minimum absolute atomic E-state index is 0.111. The molecule has 0 aromatic heterocycles. The molecule has 3 N–H and O–H groups in total. The minimum Gasteiger partial charge on any atom is -0.369 e. The second kappa shape index (κ2) is 8.03. The highest BCUT2D eigenvalue weighted by atomic mass is 35.5. The van der Waals surface area contributed by atoms with Crippen LogP contribution in [0.1, 0.15) is 37.7 Å². The number of primary amides is 1. The Morgan fingerprint density at radius 1 is 1.17 bits per heavy atom. The molecule has 5 aliphatic rings. The molecule has 30 heavy (non-hydrogen) atoms. The predicted molar refractivity (Wildman–Crippen MR) is 120 cm³/mol. The van der Waals surface area contributed by atoms with Crippen LogP contribution in [0.2, 0.25) is 5.02 Å². The highest BCUT2D eigenvalue weighted by molar-refractivity contribution is 8.00. The Balaban J connectivity index is 1.21. The molecule has 0 spiro atoms. The molecule has 1 saturated heterocycles. The van der Waals surface area contributed by atoms with Gasteiger partial charge in [-0.05, 0) is 74.0 Å². The maximum atomic E-state index is 13.2. The molecule has 5 fully saturated rings. The molecule has 4 saturated carbocycles. The summed E-state index contributed by atoms with van der Waals surface area (Å²) in [6.07, 6.45) is 5.87. The zero-order valence-electron chi connectivity index (χ0n) is 17.2. The Hall–Kier alpha value is -1.24. The van der Waals surface area contributed by atoms with Crippen LogP contribution in [0.25, 0.3) is 0 Å². The lowest BCUT2D eigenvalue weighted by Crippen LogP contribution is -2.63. The molecular weight excluding hydrogens is 418 g/mol. The van der Waals surface area contributed by atoms with Crippen LogP contribution >= 0.6 is 23.4 Å². The number of halogens is 1. The van der Waals surface area contributed by atoms with Gasteiger partial charge >= 0.3 is 0 Å². The van der Waals surface area contributed by atoms with Crippen LogP contribution in [-0.2, 0) is 16.0 Å². The van der Waals surface area contributed by atoms with E-state index in [0.29, 0.717) is 17.8 Å². The lowest BCUT2D eigenvalue weighted by molar-refractivity contribution is -0.147. The number of hydrogen-bond donors (Lipinski definition) is 2. The number of carbonyl (C=O) groups excluding carboxylic acids is 2. The van der Waals surface area contributed by atoms with E-state index in [1.807, 2.05) is 12.1 Å². The van der Waals surface area contributed by atoms with Crippen molar-refractivity contribution >= 4 is 35.2 Å². The molecule has 7 heteroatoms. The van der Waals surface area contributed by atoms with Gasteiger partial charge in [0.1, 0.15) is 5.37 Å². The Bertz CT molecular complexity index is 816. The first-order chi connectivity index (χ1) is 14.4. The van der Waals surface area contributed by atoms with Crippen molar-refractivity contribution in [1.29, 1.82) is 0 Å². The lowest BCUT2D eigenvalue weighted by atomic mass is 9.47. The van der Waals surface area contributed by atoms with Crippen LogP contribution in [0.5, 0.6) is 0 Å². The van der Waals surface area contributed by atoms with Gasteiger partial charge in [-0.1, -0.05) is 23.7 Å². The average Bonchev–Trinajstić information content (AvgIpc) is 3.18. The van der Waals surface area contributed by atoms with E-state index in [2.05, 4.69) is 22.3 Å². The van der Waals surface area contributed by atoms with Gasteiger partial charge in [0.2, 0.25) is 11.8 Å². The van der Waals surface area contributed by atoms with Gasteiger partial charge in [-0.25, -0.2) is 0 Å². The largest absolute Gasteiger partial charge is 0.369 e. The first-order valence-electron chi connectivity index (χ1n) is 11.1. The van der Waals surface area contributed by atoms with E-state index in [1.165, 1.54) is 5.56 Å². The second-order valence-electron chi connectivity index (χ2n) is 9.78. The van der Waals surface area contributed by atoms with Crippen molar-refractivity contribution in [2.75, 3.05) is 18.8 Å². The van der Waals surface area contributed by atoms with E-state index in [4.69, 9.17) is 17.3 Å². The molecule has 3 unspecified atom stereocenters. The highest BCUT2D eigenvalue weighted by Crippen LogP contribution is 2.59. The maximum absolute atomic E-state index is 13.2. The molecule has 6 rings (SSSR count). The van der Waals surface area contributed by atoms with Crippen LogP contribution in [-0.4, -0.2) is 47.0 Å². The van der Waals surface area contributed by atoms with Gasteiger partial charge in [0, 0.05) is 35.3 Å². The van der Waals surface area contributed by atoms with Gasteiger partial charge < -0.3 is 11.1 Å². The number of thioether (sulfide) groups is 1. The van der Waals surface area contributed by atoms with E-state index in [-0.39, 0.29) is 28.6 Å². The summed E-state index contributed by atoms with van der Waals surface area (Å²) in [4.78, 5) is 27.7. The third-order valence-corrected chi connectivity index (χ3v) is 9.41. The predicted octanol–water partition coefficient (Wildman–Crippen LogP) is 3.05. The summed E-state index contributed by atoms with van der Waals surface area (Å²) in [6.45, 7) is 1.82. The fourth-order valence-electron chi connectivity index (χ4n) is 6.70. The van der Waals surface area contributed by atoms with Crippen LogP contribution in [0.4, 0.5) is 0 Å². The van der Waals surface area contributed by atoms with Crippen molar-refractivity contribution in [2.24, 2.45) is 28.9 Å². The van der Waals surface area contributed by atoms with E-state index in [9.17, 15) is 9.59 Å². The summed E-state index contributed by atoms with van der Waals surface area (Å²) in [5.74, 6) is 2.44. The van der Waals surface area contributed by atoms with E-state index in [0.717, 1.165) is 62.4 Å². The number of nitrogens with zero attached hydrogens (tertiary/aromatic N) is 1. The van der Waals surface area contributed by atoms with Gasteiger partial charge in [-0.3, -0.25) is 14.5 Å². The number of rotatable bonds is 6. The van der Waals surface area contributed by atoms with Gasteiger partial charge in [0.05, 0.1) is 0 Å². The molecular formula is C23H30ClN3O2S. The Kier molecular flexibility index (Phi) is 5.53. The normalized spacial score (nSPS) is 37.4. The third kappa shape index (κ3) is 3.76. The van der Waals surface area contributed by atoms with Crippen molar-refractivity contribution in [1.82, 2.24) is 10.2 Å². The second-order valence-corrected chi connectivity index (χ2v) is 11.4. The smallest absolute Gasteiger partial charge is 0.247 e. The topological polar surface area (TPSA) is 75.4 Å². The number of amides is 2. The summed E-state index contributed by atoms with van der Waals surface area (Å²) < 4.78 is 0. The lowest BCUT2D eigenvalue weighted by Gasteiger charge is -2.58. The monoisotopic (exact) mass is 447 g/mol. The third-order valence-electron chi connectivity index (χ3n) is 7.92. The molecule has 1 aromatic rings. The molecule has 162 valence electrons. The Morgan fingerprint density at radius 3 is 2.53 bits per heavy atom. The molecule has 1 heterocycles. The van der Waals surface area contributed by atoms with Crippen LogP contribution in [0.15, 0.2) is 24.3 Å². The SMILES string of the molecule is NC(=O)C12CC3CC(C1)C(NC(=O)C1SCCN1CCc1ccc(Cl)cc1)C(C3)C2. The van der Waals surface area contributed by atoms with Gasteiger partial charge in [-0.15, -0.1) is 11.8 Å². The molecule has 4 aliphatic carbocycles. The van der Waals surface area contributed by atoms with E-state index < -0.39 is 0 Å². The minimum atomic E-state index is -0.301. The van der Waals surface area contributed by atoms with Gasteiger partial charge in [-0.2, -0.15) is 0 Å². The standard InChI is InChI=1S/C23H30ClN3O2S/c24-18-3-1-14(2-4-18)5-6-27-7-8-30-21(27)20(28)26-19-16-9-15-10-17(19)13-23(11-15,12-16)22(25)29/h1-4,15-17,19,21H,5-13H2,(H2,25,29)(H,26,28). The molecule has 5 nitrogen and oxygen atoms in total. The van der Waals surface area contributed by atoms with Crippen LogP contribution in [0.3, 0.4) is 0 Å². The van der Waals surface area contributed by atoms with Crippen molar-refractivity contribution in [3.8, 4) is 0 Å². The van der Waals surface area contributed by atoms with E-state index in [1.54, 1.807) is 11.8 Å². The van der Waals surface area contributed by atoms with E-state index >= 15 is 0 Å². The number of carbonyl (C=O) groups is 2. The Labute approximate surface area is 187 Å². The fourth-order valence-corrected chi connectivity index (χ4v) is 8.03. The summed E-state index contributed by atoms with van der Waals surface area (Å²) in [5, 5.41) is 4.06. The maximum Gasteiger partial charge on any atom is 0.247 e. The first-order valence-corrected chi connectivity index (χ1v) is 12.6.